The molecule has 2 aromatic rings. The highest BCUT2D eigenvalue weighted by Gasteiger charge is 2.37. The Morgan fingerprint density at radius 1 is 1.10 bits per heavy atom. The van der Waals surface area contributed by atoms with Gasteiger partial charge in [0.05, 0.1) is 17.4 Å². The van der Waals surface area contributed by atoms with Gasteiger partial charge in [0.1, 0.15) is 5.00 Å². The molecule has 0 radical (unpaired) electrons. The molecule has 4 N–H and O–H groups in total. The zero-order valence-electron chi connectivity index (χ0n) is 16.0. The maximum absolute atomic E-state index is 12.9. The van der Waals surface area contributed by atoms with Crippen LogP contribution in [0.15, 0.2) is 40.8 Å². The highest BCUT2D eigenvalue weighted by atomic mass is 35.5. The molecule has 1 aliphatic carbocycles. The molecule has 1 aromatic heterocycles. The molecule has 0 fully saturated rings. The number of rotatable bonds is 5. The molecule has 1 aliphatic rings. The van der Waals surface area contributed by atoms with Gasteiger partial charge < -0.3 is 16.2 Å². The van der Waals surface area contributed by atoms with E-state index in [1.54, 1.807) is 29.6 Å². The highest BCUT2D eigenvalue weighted by Crippen LogP contribution is 2.38. The Morgan fingerprint density at radius 2 is 1.69 bits per heavy atom. The van der Waals surface area contributed by atoms with Gasteiger partial charge >= 0.3 is 5.97 Å². The Labute approximate surface area is 177 Å². The third kappa shape index (κ3) is 4.36. The van der Waals surface area contributed by atoms with E-state index >= 15 is 0 Å². The molecule has 1 heterocycles. The average Bonchev–Trinajstić information content (AvgIpc) is 3.07. The zero-order chi connectivity index (χ0) is 21.3. The number of hydrogen-bond donors (Lipinski definition) is 3. The fourth-order valence-electron chi connectivity index (χ4n) is 3.57. The Balaban J connectivity index is 1.92. The number of aliphatic carboxylic acids is 1. The van der Waals surface area contributed by atoms with Crippen molar-refractivity contribution < 1.29 is 19.5 Å². The van der Waals surface area contributed by atoms with E-state index in [9.17, 15) is 19.5 Å². The number of primary amides is 1. The monoisotopic (exact) mass is 432 g/mol. The normalized spacial score (nSPS) is 19.1. The Hall–Kier alpha value is -2.64. The number of carbonyl (C=O) groups excluding carboxylic acids is 2. The summed E-state index contributed by atoms with van der Waals surface area (Å²) in [6.07, 6.45) is 0.707. The number of nitrogens with one attached hydrogen (secondary N) is 1. The largest absolute Gasteiger partial charge is 0.481 e. The zero-order valence-corrected chi connectivity index (χ0v) is 17.6. The van der Waals surface area contributed by atoms with Gasteiger partial charge in [0, 0.05) is 16.0 Å². The van der Waals surface area contributed by atoms with Crippen molar-refractivity contribution in [3.8, 4) is 11.1 Å². The number of benzene rings is 1. The van der Waals surface area contributed by atoms with Crippen LogP contribution in [0, 0.1) is 11.8 Å². The van der Waals surface area contributed by atoms with Crippen LogP contribution in [0.3, 0.4) is 0 Å². The van der Waals surface area contributed by atoms with Gasteiger partial charge in [-0.2, -0.15) is 0 Å². The molecule has 6 nitrogen and oxygen atoms in total. The summed E-state index contributed by atoms with van der Waals surface area (Å²) >= 11 is 7.11. The lowest BCUT2D eigenvalue weighted by Crippen LogP contribution is -2.36. The third-order valence-corrected chi connectivity index (χ3v) is 6.50. The van der Waals surface area contributed by atoms with Gasteiger partial charge in [0.15, 0.2) is 0 Å². The molecule has 29 heavy (non-hydrogen) atoms. The molecule has 152 valence electrons. The molecule has 0 unspecified atom stereocenters. The van der Waals surface area contributed by atoms with Gasteiger partial charge in [-0.25, -0.2) is 0 Å². The number of carboxylic acids is 1. The number of carboxylic acid groups (broad SMARTS) is 1. The molecular formula is C21H21ClN2O4S. The minimum Gasteiger partial charge on any atom is -0.481 e. The van der Waals surface area contributed by atoms with E-state index in [1.165, 1.54) is 11.3 Å². The Kier molecular flexibility index (Phi) is 6.10. The van der Waals surface area contributed by atoms with Gasteiger partial charge in [-0.3, -0.25) is 14.4 Å². The molecule has 1 aromatic carbocycles. The van der Waals surface area contributed by atoms with Gasteiger partial charge in [-0.05, 0) is 44.4 Å². The molecular weight excluding hydrogens is 412 g/mol. The average molecular weight is 433 g/mol. The second-order valence-electron chi connectivity index (χ2n) is 7.23. The van der Waals surface area contributed by atoms with Crippen molar-refractivity contribution in [2.75, 3.05) is 5.32 Å². The van der Waals surface area contributed by atoms with Crippen LogP contribution in [0.1, 0.15) is 37.0 Å². The molecule has 3 rings (SSSR count). The molecule has 0 aliphatic heterocycles. The van der Waals surface area contributed by atoms with Crippen molar-refractivity contribution in [2.24, 2.45) is 17.6 Å². The first kappa shape index (κ1) is 21.1. The summed E-state index contributed by atoms with van der Waals surface area (Å²) in [6.45, 7) is 3.80. The molecule has 0 saturated heterocycles. The van der Waals surface area contributed by atoms with Gasteiger partial charge in [-0.1, -0.05) is 34.9 Å². The van der Waals surface area contributed by atoms with Gasteiger partial charge in [0.25, 0.3) is 5.91 Å². The lowest BCUT2D eigenvalue weighted by Gasteiger charge is -2.29. The van der Waals surface area contributed by atoms with E-state index in [-0.39, 0.29) is 5.56 Å². The summed E-state index contributed by atoms with van der Waals surface area (Å²) in [5, 5.41) is 14.9. The topological polar surface area (TPSA) is 109 Å². The summed E-state index contributed by atoms with van der Waals surface area (Å²) in [5.41, 5.74) is 9.15. The van der Waals surface area contributed by atoms with E-state index in [4.69, 9.17) is 17.3 Å². The van der Waals surface area contributed by atoms with Crippen LogP contribution in [-0.2, 0) is 9.59 Å². The van der Waals surface area contributed by atoms with E-state index < -0.39 is 29.6 Å². The minimum absolute atomic E-state index is 0.205. The predicted molar refractivity (Wildman–Crippen MR) is 114 cm³/mol. The third-order valence-electron chi connectivity index (χ3n) is 5.35. The maximum Gasteiger partial charge on any atom is 0.307 e. The summed E-state index contributed by atoms with van der Waals surface area (Å²) in [6, 6.07) is 6.94. The van der Waals surface area contributed by atoms with E-state index in [0.717, 1.165) is 16.7 Å². The van der Waals surface area contributed by atoms with Crippen molar-refractivity contribution in [3.05, 3.63) is 51.4 Å². The fraction of sp³-hybridized carbons (Fsp3) is 0.286. The SMILES string of the molecule is CC1=C(C)C[C@H](C(=O)Nc2scc(-c3ccc(Cl)cc3)c2C(N)=O)[C@@H](C(=O)O)C1. The van der Waals surface area contributed by atoms with Gasteiger partial charge in [-0.15, -0.1) is 11.3 Å². The van der Waals surface area contributed by atoms with E-state index in [0.29, 0.717) is 28.4 Å². The van der Waals surface area contributed by atoms with Crippen LogP contribution < -0.4 is 11.1 Å². The molecule has 0 spiro atoms. The highest BCUT2D eigenvalue weighted by molar-refractivity contribution is 7.15. The van der Waals surface area contributed by atoms with Crippen molar-refractivity contribution in [2.45, 2.75) is 26.7 Å². The first-order valence-corrected chi connectivity index (χ1v) is 10.3. The smallest absolute Gasteiger partial charge is 0.307 e. The van der Waals surface area contributed by atoms with Gasteiger partial charge in [0.2, 0.25) is 5.91 Å². The van der Waals surface area contributed by atoms with Crippen molar-refractivity contribution in [1.82, 2.24) is 0 Å². The summed E-state index contributed by atoms with van der Waals surface area (Å²) in [7, 11) is 0. The second-order valence-corrected chi connectivity index (χ2v) is 8.55. The molecule has 0 bridgehead atoms. The number of hydrogen-bond acceptors (Lipinski definition) is 4. The van der Waals surface area contributed by atoms with Crippen LogP contribution in [0.4, 0.5) is 5.00 Å². The molecule has 8 heteroatoms. The Bertz CT molecular complexity index is 1010. The van der Waals surface area contributed by atoms with Crippen molar-refractivity contribution >= 4 is 45.7 Å². The quantitative estimate of drug-likeness (QED) is 0.602. The lowest BCUT2D eigenvalue weighted by molar-refractivity contribution is -0.146. The summed E-state index contributed by atoms with van der Waals surface area (Å²) in [4.78, 5) is 36.7. The van der Waals surface area contributed by atoms with E-state index in [1.807, 2.05) is 13.8 Å². The minimum atomic E-state index is -1.000. The standard InChI is InChI=1S/C21H21ClN2O4S/c1-10-7-14(15(21(27)28)8-11(10)2)19(26)24-20-17(18(23)25)16(9-29-20)12-3-5-13(22)6-4-12/h3-6,9,14-15H,7-8H2,1-2H3,(H2,23,25)(H,24,26)(H,27,28)/t14-,15-/m0/s1. The van der Waals surface area contributed by atoms with Crippen molar-refractivity contribution in [1.29, 1.82) is 0 Å². The number of allylic oxidation sites excluding steroid dienone is 2. The molecule has 2 amide bonds. The summed E-state index contributed by atoms with van der Waals surface area (Å²) in [5.74, 6) is -3.60. The number of anilines is 1. The van der Waals surface area contributed by atoms with Crippen LogP contribution >= 0.6 is 22.9 Å². The first-order valence-electron chi connectivity index (χ1n) is 9.05. The number of carbonyl (C=O) groups is 3. The van der Waals surface area contributed by atoms with Crippen LogP contribution in [0.25, 0.3) is 11.1 Å². The lowest BCUT2D eigenvalue weighted by atomic mass is 9.76. The van der Waals surface area contributed by atoms with Crippen LogP contribution in [0.5, 0.6) is 0 Å². The molecule has 0 saturated carbocycles. The number of nitrogens with two attached hydrogens (primary N) is 1. The number of thiophene rings is 1. The van der Waals surface area contributed by atoms with Crippen LogP contribution in [-0.4, -0.2) is 22.9 Å². The second kappa shape index (κ2) is 8.39. The van der Waals surface area contributed by atoms with Crippen molar-refractivity contribution in [3.63, 3.8) is 0 Å². The van der Waals surface area contributed by atoms with Crippen LogP contribution in [0.2, 0.25) is 5.02 Å². The first-order chi connectivity index (χ1) is 13.7. The Morgan fingerprint density at radius 3 is 2.24 bits per heavy atom. The maximum atomic E-state index is 12.9. The number of amides is 2. The molecule has 2 atom stereocenters. The summed E-state index contributed by atoms with van der Waals surface area (Å²) < 4.78 is 0. The number of halogens is 1. The van der Waals surface area contributed by atoms with E-state index in [2.05, 4.69) is 5.32 Å². The fourth-order valence-corrected chi connectivity index (χ4v) is 4.67. The predicted octanol–water partition coefficient (Wildman–Crippen LogP) is 4.55.